The van der Waals surface area contributed by atoms with E-state index < -0.39 is 0 Å². The fraction of sp³-hybridized carbons (Fsp3) is 0.846. The Morgan fingerprint density at radius 1 is 1.53 bits per heavy atom. The summed E-state index contributed by atoms with van der Waals surface area (Å²) in [5, 5.41) is 8.49. The average Bonchev–Trinajstić information content (AvgIpc) is 2.78. The molecule has 1 saturated carbocycles. The van der Waals surface area contributed by atoms with Crippen molar-refractivity contribution in [2.75, 3.05) is 0 Å². The summed E-state index contributed by atoms with van der Waals surface area (Å²) in [4.78, 5) is 0. The lowest BCUT2D eigenvalue weighted by molar-refractivity contribution is 0.263. The second-order valence-corrected chi connectivity index (χ2v) is 5.44. The standard InChI is InChI=1S/C13H24N4/c1-3-5-12(14)13-9-17(16-15-13)11-7-4-6-10(2)8-11/h9-12H,3-8,14H2,1-2H3. The molecule has 0 bridgehead atoms. The lowest BCUT2D eigenvalue weighted by Gasteiger charge is -2.26. The first-order valence-corrected chi connectivity index (χ1v) is 6.88. The monoisotopic (exact) mass is 236 g/mol. The summed E-state index contributed by atoms with van der Waals surface area (Å²) in [5.74, 6) is 0.811. The minimum absolute atomic E-state index is 0.0507. The summed E-state index contributed by atoms with van der Waals surface area (Å²) in [5.41, 5.74) is 7.01. The Balaban J connectivity index is 2.02. The first kappa shape index (κ1) is 12.6. The normalized spacial score (nSPS) is 27.0. The van der Waals surface area contributed by atoms with Crippen molar-refractivity contribution in [2.45, 2.75) is 64.5 Å². The van der Waals surface area contributed by atoms with E-state index >= 15 is 0 Å². The van der Waals surface area contributed by atoms with E-state index in [4.69, 9.17) is 5.73 Å². The van der Waals surface area contributed by atoms with Crippen LogP contribution < -0.4 is 5.73 Å². The van der Waals surface area contributed by atoms with Crippen LogP contribution in [0.2, 0.25) is 0 Å². The number of rotatable bonds is 4. The minimum atomic E-state index is 0.0507. The Hall–Kier alpha value is -0.900. The predicted octanol–water partition coefficient (Wildman–Crippen LogP) is 2.83. The Bertz CT molecular complexity index is 347. The molecule has 1 aromatic rings. The van der Waals surface area contributed by atoms with Crippen molar-refractivity contribution in [3.8, 4) is 0 Å². The van der Waals surface area contributed by atoms with Gasteiger partial charge in [0.2, 0.25) is 0 Å². The van der Waals surface area contributed by atoms with Crippen LogP contribution in [0.4, 0.5) is 0 Å². The van der Waals surface area contributed by atoms with Crippen LogP contribution in [0.1, 0.15) is 70.2 Å². The summed E-state index contributed by atoms with van der Waals surface area (Å²) in [6.45, 7) is 4.47. The van der Waals surface area contributed by atoms with Gasteiger partial charge in [-0.2, -0.15) is 0 Å². The molecule has 1 heterocycles. The van der Waals surface area contributed by atoms with Gasteiger partial charge in [0.15, 0.2) is 0 Å². The molecule has 3 atom stereocenters. The second-order valence-electron chi connectivity index (χ2n) is 5.44. The second kappa shape index (κ2) is 5.63. The van der Waals surface area contributed by atoms with Gasteiger partial charge in [0.25, 0.3) is 0 Å². The van der Waals surface area contributed by atoms with Gasteiger partial charge in [-0.3, -0.25) is 0 Å². The first-order valence-electron chi connectivity index (χ1n) is 6.88. The van der Waals surface area contributed by atoms with E-state index in [1.807, 2.05) is 4.68 Å². The predicted molar refractivity (Wildman–Crippen MR) is 68.5 cm³/mol. The van der Waals surface area contributed by atoms with Crippen molar-refractivity contribution in [2.24, 2.45) is 11.7 Å². The maximum Gasteiger partial charge on any atom is 0.0994 e. The van der Waals surface area contributed by atoms with Crippen molar-refractivity contribution in [3.63, 3.8) is 0 Å². The van der Waals surface area contributed by atoms with Crippen molar-refractivity contribution in [3.05, 3.63) is 11.9 Å². The molecule has 17 heavy (non-hydrogen) atoms. The molecule has 1 aliphatic rings. The van der Waals surface area contributed by atoms with E-state index in [9.17, 15) is 0 Å². The van der Waals surface area contributed by atoms with Crippen molar-refractivity contribution < 1.29 is 0 Å². The van der Waals surface area contributed by atoms with E-state index in [2.05, 4.69) is 30.4 Å². The molecule has 0 aliphatic heterocycles. The summed E-state index contributed by atoms with van der Waals surface area (Å²) in [7, 11) is 0. The lowest BCUT2D eigenvalue weighted by Crippen LogP contribution is -2.18. The highest BCUT2D eigenvalue weighted by molar-refractivity contribution is 5.00. The van der Waals surface area contributed by atoms with Crippen molar-refractivity contribution in [1.29, 1.82) is 0 Å². The van der Waals surface area contributed by atoms with Crippen LogP contribution in [0.25, 0.3) is 0 Å². The highest BCUT2D eigenvalue weighted by atomic mass is 15.4. The third-order valence-corrected chi connectivity index (χ3v) is 3.79. The zero-order valence-corrected chi connectivity index (χ0v) is 11.0. The van der Waals surface area contributed by atoms with Gasteiger partial charge in [0.1, 0.15) is 0 Å². The third-order valence-electron chi connectivity index (χ3n) is 3.79. The molecule has 2 N–H and O–H groups in total. The molecule has 0 radical (unpaired) electrons. The largest absolute Gasteiger partial charge is 0.323 e. The maximum absolute atomic E-state index is 6.06. The molecule has 1 aromatic heterocycles. The van der Waals surface area contributed by atoms with E-state index in [0.717, 1.165) is 24.5 Å². The quantitative estimate of drug-likeness (QED) is 0.874. The smallest absolute Gasteiger partial charge is 0.0994 e. The molecule has 0 amide bonds. The van der Waals surface area contributed by atoms with Gasteiger partial charge in [-0.1, -0.05) is 38.3 Å². The zero-order chi connectivity index (χ0) is 12.3. The fourth-order valence-electron chi connectivity index (χ4n) is 2.74. The molecule has 2 rings (SSSR count). The van der Waals surface area contributed by atoms with E-state index in [1.54, 1.807) is 0 Å². The van der Waals surface area contributed by atoms with Gasteiger partial charge < -0.3 is 5.73 Å². The highest BCUT2D eigenvalue weighted by Crippen LogP contribution is 2.31. The highest BCUT2D eigenvalue weighted by Gasteiger charge is 2.22. The van der Waals surface area contributed by atoms with Crippen molar-refractivity contribution in [1.82, 2.24) is 15.0 Å². The van der Waals surface area contributed by atoms with Gasteiger partial charge in [0.05, 0.1) is 24.0 Å². The summed E-state index contributed by atoms with van der Waals surface area (Å²) in [6, 6.07) is 0.587. The molecule has 4 heteroatoms. The van der Waals surface area contributed by atoms with E-state index in [-0.39, 0.29) is 6.04 Å². The summed E-state index contributed by atoms with van der Waals surface area (Å²) >= 11 is 0. The van der Waals surface area contributed by atoms with Crippen LogP contribution in [0.15, 0.2) is 6.20 Å². The van der Waals surface area contributed by atoms with Gasteiger partial charge in [-0.25, -0.2) is 4.68 Å². The molecule has 4 nitrogen and oxygen atoms in total. The van der Waals surface area contributed by atoms with Gasteiger partial charge >= 0.3 is 0 Å². The van der Waals surface area contributed by atoms with Gasteiger partial charge in [0, 0.05) is 0 Å². The third kappa shape index (κ3) is 3.06. The topological polar surface area (TPSA) is 56.7 Å². The molecule has 96 valence electrons. The molecule has 0 aromatic carbocycles. The average molecular weight is 236 g/mol. The summed E-state index contributed by atoms with van der Waals surface area (Å²) in [6.07, 6.45) is 9.26. The molecule has 0 spiro atoms. The van der Waals surface area contributed by atoms with Gasteiger partial charge in [-0.05, 0) is 25.2 Å². The van der Waals surface area contributed by atoms with Crippen LogP contribution >= 0.6 is 0 Å². The number of aromatic nitrogens is 3. The van der Waals surface area contributed by atoms with Gasteiger partial charge in [-0.15, -0.1) is 5.10 Å². The van der Waals surface area contributed by atoms with Crippen molar-refractivity contribution >= 4 is 0 Å². The summed E-state index contributed by atoms with van der Waals surface area (Å²) < 4.78 is 2.04. The maximum atomic E-state index is 6.06. The number of hydrogen-bond acceptors (Lipinski definition) is 3. The Kier molecular flexibility index (Phi) is 4.15. The molecular weight excluding hydrogens is 212 g/mol. The van der Waals surface area contributed by atoms with Crippen LogP contribution in [-0.4, -0.2) is 15.0 Å². The Labute approximate surface area is 104 Å². The molecule has 0 saturated heterocycles. The Morgan fingerprint density at radius 3 is 3.06 bits per heavy atom. The number of hydrogen-bond donors (Lipinski definition) is 1. The lowest BCUT2D eigenvalue weighted by atomic mass is 9.87. The van der Waals surface area contributed by atoms with E-state index in [1.165, 1.54) is 25.7 Å². The number of nitrogens with two attached hydrogens (primary N) is 1. The van der Waals surface area contributed by atoms with E-state index in [0.29, 0.717) is 6.04 Å². The Morgan fingerprint density at radius 2 is 2.35 bits per heavy atom. The number of nitrogens with zero attached hydrogens (tertiary/aromatic N) is 3. The minimum Gasteiger partial charge on any atom is -0.323 e. The molecule has 3 unspecified atom stereocenters. The van der Waals surface area contributed by atoms with Crippen LogP contribution in [-0.2, 0) is 0 Å². The fourth-order valence-corrected chi connectivity index (χ4v) is 2.74. The van der Waals surface area contributed by atoms with Crippen LogP contribution in [0.5, 0.6) is 0 Å². The molecule has 1 aliphatic carbocycles. The van der Waals surface area contributed by atoms with Crippen LogP contribution in [0.3, 0.4) is 0 Å². The van der Waals surface area contributed by atoms with Crippen LogP contribution in [0, 0.1) is 5.92 Å². The SMILES string of the molecule is CCCC(N)c1cn(C2CCCC(C)C2)nn1. The molecular formula is C13H24N4. The first-order chi connectivity index (χ1) is 8.20. The molecule has 1 fully saturated rings. The zero-order valence-electron chi connectivity index (χ0n) is 11.0.